The molecule has 0 saturated heterocycles. The average molecular weight is 274 g/mol. The first-order valence-electron chi connectivity index (χ1n) is 6.56. The molecular weight excluding hydrogens is 256 g/mol. The normalized spacial score (nSPS) is 14.2. The van der Waals surface area contributed by atoms with Gasteiger partial charge in [0.05, 0.1) is 0 Å². The second kappa shape index (κ2) is 4.81. The van der Waals surface area contributed by atoms with Gasteiger partial charge in [0.15, 0.2) is 0 Å². The van der Waals surface area contributed by atoms with Crippen molar-refractivity contribution in [3.63, 3.8) is 0 Å². The van der Waals surface area contributed by atoms with Gasteiger partial charge in [-0.25, -0.2) is 0 Å². The van der Waals surface area contributed by atoms with Gasteiger partial charge in [0, 0.05) is 25.2 Å². The van der Waals surface area contributed by atoms with E-state index in [4.69, 9.17) is 5.73 Å². The highest BCUT2D eigenvalue weighted by atomic mass is 32.1. The molecule has 5 heteroatoms. The number of hydrogen-bond acceptors (Lipinski definition) is 5. The Bertz CT molecular complexity index is 591. The van der Waals surface area contributed by atoms with Crippen LogP contribution in [0.15, 0.2) is 18.2 Å². The molecule has 1 aromatic heterocycles. The molecule has 19 heavy (non-hydrogen) atoms. The Labute approximate surface area is 117 Å². The van der Waals surface area contributed by atoms with Gasteiger partial charge in [-0.15, -0.1) is 10.2 Å². The monoisotopic (exact) mass is 274 g/mol. The van der Waals surface area contributed by atoms with Crippen molar-refractivity contribution >= 4 is 22.2 Å². The first-order chi connectivity index (χ1) is 9.11. The van der Waals surface area contributed by atoms with E-state index in [-0.39, 0.29) is 0 Å². The third kappa shape index (κ3) is 2.56. The number of aromatic nitrogens is 2. The second-order valence-electron chi connectivity index (χ2n) is 5.46. The summed E-state index contributed by atoms with van der Waals surface area (Å²) in [6.07, 6.45) is 1.01. The zero-order chi connectivity index (χ0) is 13.4. The predicted octanol–water partition coefficient (Wildman–Crippen LogP) is 2.84. The highest BCUT2D eigenvalue weighted by Crippen LogP contribution is 2.31. The van der Waals surface area contributed by atoms with E-state index >= 15 is 0 Å². The van der Waals surface area contributed by atoms with E-state index in [0.717, 1.165) is 35.3 Å². The van der Waals surface area contributed by atoms with E-state index < -0.39 is 0 Å². The Morgan fingerprint density at radius 2 is 2.05 bits per heavy atom. The van der Waals surface area contributed by atoms with E-state index in [1.54, 1.807) is 11.3 Å². The number of hydrogen-bond donors (Lipinski definition) is 1. The lowest BCUT2D eigenvalue weighted by Crippen LogP contribution is -2.13. The maximum absolute atomic E-state index is 5.83. The maximum atomic E-state index is 5.83. The number of anilines is 2. The fourth-order valence-corrected chi connectivity index (χ4v) is 3.40. The molecule has 0 aliphatic carbocycles. The van der Waals surface area contributed by atoms with Gasteiger partial charge in [0.25, 0.3) is 0 Å². The quantitative estimate of drug-likeness (QED) is 0.874. The minimum absolute atomic E-state index is 0.622. The van der Waals surface area contributed by atoms with Crippen LogP contribution in [-0.4, -0.2) is 10.2 Å². The van der Waals surface area contributed by atoms with Crippen LogP contribution in [0.2, 0.25) is 0 Å². The molecule has 0 amide bonds. The fourth-order valence-electron chi connectivity index (χ4n) is 2.35. The Morgan fingerprint density at radius 3 is 2.84 bits per heavy atom. The first-order valence-corrected chi connectivity index (χ1v) is 7.38. The molecule has 0 radical (unpaired) electrons. The zero-order valence-electron chi connectivity index (χ0n) is 11.3. The van der Waals surface area contributed by atoms with Crippen molar-refractivity contribution in [2.24, 2.45) is 5.92 Å². The lowest BCUT2D eigenvalue weighted by molar-refractivity contribution is 0.639. The van der Waals surface area contributed by atoms with Crippen molar-refractivity contribution < 1.29 is 0 Å². The summed E-state index contributed by atoms with van der Waals surface area (Å²) < 4.78 is 0. The van der Waals surface area contributed by atoms with E-state index in [1.807, 2.05) is 6.07 Å². The molecule has 0 spiro atoms. The van der Waals surface area contributed by atoms with Crippen LogP contribution in [0.1, 0.15) is 30.0 Å². The van der Waals surface area contributed by atoms with Crippen LogP contribution >= 0.6 is 11.3 Å². The first kappa shape index (κ1) is 12.4. The van der Waals surface area contributed by atoms with Crippen molar-refractivity contribution in [1.82, 2.24) is 10.2 Å². The topological polar surface area (TPSA) is 55.0 Å². The molecule has 0 atom stereocenters. The van der Waals surface area contributed by atoms with Crippen LogP contribution in [0.25, 0.3) is 0 Å². The van der Waals surface area contributed by atoms with Gasteiger partial charge >= 0.3 is 0 Å². The van der Waals surface area contributed by atoms with E-state index in [9.17, 15) is 0 Å². The van der Waals surface area contributed by atoms with Gasteiger partial charge in [0.1, 0.15) is 5.01 Å². The summed E-state index contributed by atoms with van der Waals surface area (Å²) >= 11 is 1.71. The summed E-state index contributed by atoms with van der Waals surface area (Å²) in [7, 11) is 0. The second-order valence-corrected chi connectivity index (χ2v) is 6.50. The Kier molecular flexibility index (Phi) is 3.14. The molecule has 3 rings (SSSR count). The molecule has 0 unspecified atom stereocenters. The van der Waals surface area contributed by atoms with Crippen molar-refractivity contribution in [2.45, 2.75) is 33.4 Å². The summed E-state index contributed by atoms with van der Waals surface area (Å²) in [6, 6.07) is 6.14. The van der Waals surface area contributed by atoms with Crippen LogP contribution in [0.4, 0.5) is 10.8 Å². The van der Waals surface area contributed by atoms with Gasteiger partial charge in [-0.1, -0.05) is 31.3 Å². The Morgan fingerprint density at radius 1 is 1.26 bits per heavy atom. The number of benzene rings is 1. The third-order valence-corrected chi connectivity index (χ3v) is 4.27. The van der Waals surface area contributed by atoms with E-state index in [2.05, 4.69) is 41.1 Å². The summed E-state index contributed by atoms with van der Waals surface area (Å²) in [5.41, 5.74) is 9.31. The average Bonchev–Trinajstić information content (AvgIpc) is 2.93. The molecule has 1 aliphatic rings. The maximum Gasteiger partial charge on any atom is 0.208 e. The van der Waals surface area contributed by atoms with Crippen LogP contribution in [0, 0.1) is 5.92 Å². The molecule has 100 valence electrons. The summed E-state index contributed by atoms with van der Waals surface area (Å²) in [4.78, 5) is 2.27. The molecule has 0 bridgehead atoms. The van der Waals surface area contributed by atoms with E-state index in [1.165, 1.54) is 11.1 Å². The highest BCUT2D eigenvalue weighted by Gasteiger charge is 2.22. The van der Waals surface area contributed by atoms with Crippen LogP contribution in [0.5, 0.6) is 0 Å². The highest BCUT2D eigenvalue weighted by molar-refractivity contribution is 7.15. The van der Waals surface area contributed by atoms with Crippen molar-refractivity contribution in [3.8, 4) is 0 Å². The largest absolute Gasteiger partial charge is 0.399 e. The molecule has 4 nitrogen and oxygen atoms in total. The molecule has 2 N–H and O–H groups in total. The van der Waals surface area contributed by atoms with Gasteiger partial charge in [0.2, 0.25) is 5.13 Å². The van der Waals surface area contributed by atoms with Crippen LogP contribution in [0.3, 0.4) is 0 Å². The SMILES string of the molecule is CC(C)Cc1nnc(N2Cc3ccc(N)cc3C2)s1. The summed E-state index contributed by atoms with van der Waals surface area (Å²) in [6.45, 7) is 6.20. The molecule has 2 heterocycles. The molecule has 2 aromatic rings. The van der Waals surface area contributed by atoms with Gasteiger partial charge in [-0.05, 0) is 29.2 Å². The third-order valence-electron chi connectivity index (χ3n) is 3.26. The van der Waals surface area contributed by atoms with Crippen molar-refractivity contribution in [3.05, 3.63) is 34.3 Å². The standard InChI is InChI=1S/C14H18N4S/c1-9(2)5-13-16-17-14(19-13)18-7-10-3-4-12(15)6-11(10)8-18/h3-4,6,9H,5,7-8,15H2,1-2H3. The van der Waals surface area contributed by atoms with Gasteiger partial charge < -0.3 is 10.6 Å². The molecule has 0 fully saturated rings. The van der Waals surface area contributed by atoms with E-state index in [0.29, 0.717) is 5.92 Å². The van der Waals surface area contributed by atoms with Gasteiger partial charge in [-0.2, -0.15) is 0 Å². The Balaban J connectivity index is 1.77. The minimum atomic E-state index is 0.622. The summed E-state index contributed by atoms with van der Waals surface area (Å²) in [5.74, 6) is 0.622. The lowest BCUT2D eigenvalue weighted by Gasteiger charge is -2.11. The van der Waals surface area contributed by atoms with Gasteiger partial charge in [-0.3, -0.25) is 0 Å². The Hall–Kier alpha value is -1.62. The van der Waals surface area contributed by atoms with Crippen molar-refractivity contribution in [2.75, 3.05) is 10.6 Å². The number of nitrogens with zero attached hydrogens (tertiary/aromatic N) is 3. The number of nitrogens with two attached hydrogens (primary N) is 1. The smallest absolute Gasteiger partial charge is 0.208 e. The number of nitrogen functional groups attached to an aromatic ring is 1. The number of fused-ring (bicyclic) bond motifs is 1. The van der Waals surface area contributed by atoms with Crippen molar-refractivity contribution in [1.29, 1.82) is 0 Å². The summed E-state index contributed by atoms with van der Waals surface area (Å²) in [5, 5.41) is 10.7. The molecule has 0 saturated carbocycles. The molecule has 1 aromatic carbocycles. The van der Waals surface area contributed by atoms with Crippen LogP contribution in [-0.2, 0) is 19.5 Å². The van der Waals surface area contributed by atoms with Crippen LogP contribution < -0.4 is 10.6 Å². The molecule has 1 aliphatic heterocycles. The lowest BCUT2D eigenvalue weighted by atomic mass is 10.1. The minimum Gasteiger partial charge on any atom is -0.399 e. The predicted molar refractivity (Wildman–Crippen MR) is 79.2 cm³/mol. The molecular formula is C14H18N4S. The fraction of sp³-hybridized carbons (Fsp3) is 0.429. The number of rotatable bonds is 3. The zero-order valence-corrected chi connectivity index (χ0v) is 12.1.